The van der Waals surface area contributed by atoms with Gasteiger partial charge in [-0.05, 0) is 82.6 Å². The molecule has 2 fully saturated rings. The van der Waals surface area contributed by atoms with Gasteiger partial charge in [0.15, 0.2) is 0 Å². The van der Waals surface area contributed by atoms with Gasteiger partial charge >= 0.3 is 0 Å². The van der Waals surface area contributed by atoms with Crippen LogP contribution in [0.1, 0.15) is 59.3 Å². The lowest BCUT2D eigenvalue weighted by Gasteiger charge is -2.35. The fourth-order valence-corrected chi connectivity index (χ4v) is 4.38. The number of likely N-dealkylation sites (tertiary alicyclic amines) is 1. The molecular formula is C23H34N2O3. The van der Waals surface area contributed by atoms with Gasteiger partial charge in [-0.1, -0.05) is 6.92 Å². The molecule has 1 atom stereocenters. The van der Waals surface area contributed by atoms with Crippen molar-refractivity contribution < 1.29 is 14.3 Å². The first kappa shape index (κ1) is 20.7. The number of carbonyl (C=O) groups is 2. The van der Waals surface area contributed by atoms with Gasteiger partial charge in [0.1, 0.15) is 5.75 Å². The highest BCUT2D eigenvalue weighted by molar-refractivity contribution is 5.92. The van der Waals surface area contributed by atoms with Crippen LogP contribution in [-0.4, -0.2) is 35.9 Å². The van der Waals surface area contributed by atoms with Crippen LogP contribution in [0.4, 0.5) is 5.69 Å². The minimum absolute atomic E-state index is 0.00378. The molecule has 1 aliphatic carbocycles. The van der Waals surface area contributed by atoms with E-state index >= 15 is 0 Å². The predicted octanol–water partition coefficient (Wildman–Crippen LogP) is 4.48. The van der Waals surface area contributed by atoms with Crippen molar-refractivity contribution in [1.29, 1.82) is 0 Å². The maximum Gasteiger partial charge on any atom is 0.227 e. The van der Waals surface area contributed by atoms with Crippen LogP contribution in [0.25, 0.3) is 0 Å². The fraction of sp³-hybridized carbons (Fsp3) is 0.652. The molecule has 154 valence electrons. The Morgan fingerprint density at radius 2 is 1.68 bits per heavy atom. The molecule has 1 aliphatic heterocycles. The number of rotatable bonds is 5. The standard InChI is InChI=1S/C23H34N2O3/c1-16(2)28-21-12-10-20(11-13-21)24-22(26)18-6-8-19(9-7-18)23(27)25-14-4-5-17(3)15-25/h10-13,16-19H,4-9,14-15H2,1-3H3,(H,24,26). The second-order valence-corrected chi connectivity index (χ2v) is 8.76. The van der Waals surface area contributed by atoms with Gasteiger partial charge in [-0.3, -0.25) is 9.59 Å². The summed E-state index contributed by atoms with van der Waals surface area (Å²) in [4.78, 5) is 27.5. The normalized spacial score (nSPS) is 25.4. The summed E-state index contributed by atoms with van der Waals surface area (Å²) in [5.74, 6) is 1.88. The van der Waals surface area contributed by atoms with Crippen LogP contribution >= 0.6 is 0 Å². The molecule has 3 rings (SSSR count). The molecule has 2 aliphatic rings. The first-order valence-electron chi connectivity index (χ1n) is 10.8. The predicted molar refractivity (Wildman–Crippen MR) is 111 cm³/mol. The second kappa shape index (κ2) is 9.44. The molecule has 1 aromatic carbocycles. The van der Waals surface area contributed by atoms with Crippen LogP contribution < -0.4 is 10.1 Å². The number of hydrogen-bond donors (Lipinski definition) is 1. The third kappa shape index (κ3) is 5.49. The molecule has 2 amide bonds. The van der Waals surface area contributed by atoms with Gasteiger partial charge in [-0.2, -0.15) is 0 Å². The number of carbonyl (C=O) groups excluding carboxylic acids is 2. The van der Waals surface area contributed by atoms with E-state index in [1.807, 2.05) is 38.1 Å². The van der Waals surface area contributed by atoms with Crippen LogP contribution in [0.3, 0.4) is 0 Å². The van der Waals surface area contributed by atoms with Crippen molar-refractivity contribution in [3.63, 3.8) is 0 Å². The van der Waals surface area contributed by atoms with E-state index in [1.54, 1.807) is 0 Å². The summed E-state index contributed by atoms with van der Waals surface area (Å²) in [6.45, 7) is 8.00. The Kier molecular flexibility index (Phi) is 6.97. The number of amides is 2. The molecular weight excluding hydrogens is 352 g/mol. The lowest BCUT2D eigenvalue weighted by Crippen LogP contribution is -2.43. The molecule has 0 radical (unpaired) electrons. The Labute approximate surface area is 168 Å². The van der Waals surface area contributed by atoms with Crippen molar-refractivity contribution >= 4 is 17.5 Å². The number of piperidine rings is 1. The van der Waals surface area contributed by atoms with Gasteiger partial charge in [0.25, 0.3) is 0 Å². The van der Waals surface area contributed by atoms with E-state index in [0.717, 1.165) is 56.6 Å². The molecule has 0 bridgehead atoms. The quantitative estimate of drug-likeness (QED) is 0.812. The Balaban J connectivity index is 1.46. The summed E-state index contributed by atoms with van der Waals surface area (Å²) in [5.41, 5.74) is 0.793. The van der Waals surface area contributed by atoms with Gasteiger partial charge in [0, 0.05) is 30.6 Å². The van der Waals surface area contributed by atoms with E-state index in [4.69, 9.17) is 4.74 Å². The van der Waals surface area contributed by atoms with Gasteiger partial charge < -0.3 is 15.0 Å². The zero-order valence-corrected chi connectivity index (χ0v) is 17.4. The number of hydrogen-bond acceptors (Lipinski definition) is 3. The molecule has 5 nitrogen and oxygen atoms in total. The van der Waals surface area contributed by atoms with Crippen molar-refractivity contribution in [3.8, 4) is 5.75 Å². The van der Waals surface area contributed by atoms with Crippen LogP contribution in [0.2, 0.25) is 0 Å². The minimum atomic E-state index is -0.00378. The third-order valence-electron chi connectivity index (χ3n) is 5.91. The summed E-state index contributed by atoms with van der Waals surface area (Å²) in [7, 11) is 0. The molecule has 28 heavy (non-hydrogen) atoms. The van der Waals surface area contributed by atoms with Crippen LogP contribution in [0, 0.1) is 17.8 Å². The average Bonchev–Trinajstić information content (AvgIpc) is 2.68. The monoisotopic (exact) mass is 386 g/mol. The molecule has 1 heterocycles. The van der Waals surface area contributed by atoms with Crippen molar-refractivity contribution in [2.75, 3.05) is 18.4 Å². The smallest absolute Gasteiger partial charge is 0.227 e. The van der Waals surface area contributed by atoms with E-state index in [0.29, 0.717) is 11.8 Å². The van der Waals surface area contributed by atoms with Gasteiger partial charge in [0.2, 0.25) is 11.8 Å². The number of nitrogens with one attached hydrogen (secondary N) is 1. The molecule has 1 N–H and O–H groups in total. The van der Waals surface area contributed by atoms with E-state index in [1.165, 1.54) is 6.42 Å². The van der Waals surface area contributed by atoms with Crippen molar-refractivity contribution in [2.24, 2.45) is 17.8 Å². The Bertz CT molecular complexity index is 663. The second-order valence-electron chi connectivity index (χ2n) is 8.76. The average molecular weight is 387 g/mol. The fourth-order valence-electron chi connectivity index (χ4n) is 4.38. The highest BCUT2D eigenvalue weighted by Gasteiger charge is 2.33. The molecule has 1 aromatic rings. The zero-order valence-electron chi connectivity index (χ0n) is 17.4. The first-order chi connectivity index (χ1) is 13.4. The van der Waals surface area contributed by atoms with Crippen molar-refractivity contribution in [1.82, 2.24) is 4.90 Å². The lowest BCUT2D eigenvalue weighted by molar-refractivity contribution is -0.139. The minimum Gasteiger partial charge on any atom is -0.491 e. The van der Waals surface area contributed by atoms with Crippen LogP contribution in [0.15, 0.2) is 24.3 Å². The van der Waals surface area contributed by atoms with E-state index in [9.17, 15) is 9.59 Å². The molecule has 0 spiro atoms. The molecule has 1 unspecified atom stereocenters. The summed E-state index contributed by atoms with van der Waals surface area (Å²) < 4.78 is 5.63. The van der Waals surface area contributed by atoms with Crippen LogP contribution in [-0.2, 0) is 9.59 Å². The summed E-state index contributed by atoms with van der Waals surface area (Å²) in [6.07, 6.45) is 5.70. The number of ether oxygens (including phenoxy) is 1. The Morgan fingerprint density at radius 3 is 2.29 bits per heavy atom. The Morgan fingerprint density at radius 1 is 1.04 bits per heavy atom. The molecule has 1 saturated heterocycles. The van der Waals surface area contributed by atoms with Gasteiger partial charge in [0.05, 0.1) is 6.10 Å². The van der Waals surface area contributed by atoms with Crippen LogP contribution in [0.5, 0.6) is 5.75 Å². The van der Waals surface area contributed by atoms with Crippen molar-refractivity contribution in [2.45, 2.75) is 65.4 Å². The molecule has 5 heteroatoms. The summed E-state index contributed by atoms with van der Waals surface area (Å²) in [5, 5.41) is 3.02. The van der Waals surface area contributed by atoms with Gasteiger partial charge in [-0.25, -0.2) is 0 Å². The highest BCUT2D eigenvalue weighted by Crippen LogP contribution is 2.32. The van der Waals surface area contributed by atoms with E-state index < -0.39 is 0 Å². The SMILES string of the molecule is CC1CCCN(C(=O)C2CCC(C(=O)Nc3ccc(OC(C)C)cc3)CC2)C1. The summed E-state index contributed by atoms with van der Waals surface area (Å²) in [6, 6.07) is 7.51. The van der Waals surface area contributed by atoms with Crippen molar-refractivity contribution in [3.05, 3.63) is 24.3 Å². The number of anilines is 1. The molecule has 0 aromatic heterocycles. The largest absolute Gasteiger partial charge is 0.491 e. The summed E-state index contributed by atoms with van der Waals surface area (Å²) >= 11 is 0. The Hall–Kier alpha value is -2.04. The maximum atomic E-state index is 12.8. The van der Waals surface area contributed by atoms with E-state index in [-0.39, 0.29) is 23.8 Å². The van der Waals surface area contributed by atoms with E-state index in [2.05, 4.69) is 17.1 Å². The number of benzene rings is 1. The lowest BCUT2D eigenvalue weighted by atomic mass is 9.80. The molecule has 1 saturated carbocycles. The number of nitrogens with zero attached hydrogens (tertiary/aromatic N) is 1. The topological polar surface area (TPSA) is 58.6 Å². The van der Waals surface area contributed by atoms with Gasteiger partial charge in [-0.15, -0.1) is 0 Å². The first-order valence-corrected chi connectivity index (χ1v) is 10.8. The third-order valence-corrected chi connectivity index (χ3v) is 5.91. The zero-order chi connectivity index (χ0) is 20.1. The maximum absolute atomic E-state index is 12.8. The highest BCUT2D eigenvalue weighted by atomic mass is 16.5.